The lowest BCUT2D eigenvalue weighted by atomic mass is 10.1. The zero-order valence-electron chi connectivity index (χ0n) is 13.0. The van der Waals surface area contributed by atoms with Crippen molar-refractivity contribution in [3.8, 4) is 11.5 Å². The molecule has 4 heterocycles. The molecule has 1 N–H and O–H groups in total. The molecule has 0 unspecified atom stereocenters. The monoisotopic (exact) mass is 345 g/mol. The molecule has 8 nitrogen and oxygen atoms in total. The van der Waals surface area contributed by atoms with E-state index in [0.29, 0.717) is 29.9 Å². The summed E-state index contributed by atoms with van der Waals surface area (Å²) in [6.45, 7) is 3.10. The van der Waals surface area contributed by atoms with Crippen molar-refractivity contribution < 1.29 is 14.1 Å². The number of carbonyl (C=O) groups excluding carboxylic acids is 1. The number of anilines is 1. The number of nitrogens with one attached hydrogen (secondary N) is 1. The molecule has 0 radical (unpaired) electrons. The lowest BCUT2D eigenvalue weighted by Crippen LogP contribution is -2.18. The Morgan fingerprint density at radius 3 is 3.17 bits per heavy atom. The van der Waals surface area contributed by atoms with Crippen molar-refractivity contribution in [1.29, 1.82) is 0 Å². The van der Waals surface area contributed by atoms with Crippen molar-refractivity contribution in [2.24, 2.45) is 0 Å². The Labute approximate surface area is 141 Å². The Hall–Kier alpha value is -2.52. The minimum atomic E-state index is -0.157. The number of ether oxygens (including phenoxy) is 1. The van der Waals surface area contributed by atoms with Gasteiger partial charge in [-0.3, -0.25) is 9.48 Å². The highest BCUT2D eigenvalue weighted by Crippen LogP contribution is 2.42. The van der Waals surface area contributed by atoms with Gasteiger partial charge in [0, 0.05) is 17.3 Å². The van der Waals surface area contributed by atoms with E-state index in [-0.39, 0.29) is 12.5 Å². The maximum absolute atomic E-state index is 12.3. The summed E-state index contributed by atoms with van der Waals surface area (Å²) >= 11 is 1.49. The van der Waals surface area contributed by atoms with Gasteiger partial charge in [-0.15, -0.1) is 11.3 Å². The Morgan fingerprint density at radius 1 is 1.50 bits per heavy atom. The van der Waals surface area contributed by atoms with E-state index in [1.54, 1.807) is 30.1 Å². The second-order valence-corrected chi connectivity index (χ2v) is 6.51. The molecular formula is C15H15N5O3S. The van der Waals surface area contributed by atoms with E-state index in [9.17, 15) is 4.79 Å². The molecule has 0 spiro atoms. The van der Waals surface area contributed by atoms with Crippen LogP contribution in [0.3, 0.4) is 0 Å². The van der Waals surface area contributed by atoms with Crippen LogP contribution in [0.2, 0.25) is 0 Å². The van der Waals surface area contributed by atoms with E-state index in [2.05, 4.69) is 20.6 Å². The summed E-state index contributed by atoms with van der Waals surface area (Å²) in [4.78, 5) is 17.7. The van der Waals surface area contributed by atoms with Gasteiger partial charge in [0.15, 0.2) is 5.82 Å². The third kappa shape index (κ3) is 2.83. The molecule has 1 amide bonds. The van der Waals surface area contributed by atoms with Crippen LogP contribution in [0.1, 0.15) is 16.3 Å². The van der Waals surface area contributed by atoms with Crippen molar-refractivity contribution in [2.45, 2.75) is 26.5 Å². The van der Waals surface area contributed by atoms with E-state index < -0.39 is 0 Å². The summed E-state index contributed by atoms with van der Waals surface area (Å²) in [7, 11) is 0. The third-order valence-corrected chi connectivity index (χ3v) is 4.80. The fraction of sp³-hybridized carbons (Fsp3) is 0.333. The quantitative estimate of drug-likeness (QED) is 0.777. The van der Waals surface area contributed by atoms with Gasteiger partial charge in [-0.25, -0.2) is 0 Å². The van der Waals surface area contributed by atoms with Gasteiger partial charge in [0.05, 0.1) is 18.8 Å². The molecule has 3 aromatic heterocycles. The third-order valence-electron chi connectivity index (χ3n) is 3.68. The first-order chi connectivity index (χ1) is 11.7. The number of amides is 1. The SMILES string of the molecule is Cc1noc(-c2c(NC(=O)Cn3cccn3)sc3c2CCOC3)n1. The molecule has 0 fully saturated rings. The predicted octanol–water partition coefficient (Wildman–Crippen LogP) is 2.01. The zero-order chi connectivity index (χ0) is 16.5. The largest absolute Gasteiger partial charge is 0.376 e. The number of rotatable bonds is 4. The Balaban J connectivity index is 1.66. The zero-order valence-corrected chi connectivity index (χ0v) is 13.8. The summed E-state index contributed by atoms with van der Waals surface area (Å²) < 4.78 is 12.4. The van der Waals surface area contributed by atoms with Crippen molar-refractivity contribution in [2.75, 3.05) is 11.9 Å². The van der Waals surface area contributed by atoms with Gasteiger partial charge >= 0.3 is 0 Å². The number of carbonyl (C=O) groups is 1. The molecule has 24 heavy (non-hydrogen) atoms. The molecule has 0 saturated carbocycles. The van der Waals surface area contributed by atoms with E-state index >= 15 is 0 Å². The molecule has 0 aliphatic carbocycles. The molecule has 3 aromatic rings. The molecule has 0 saturated heterocycles. The second-order valence-electron chi connectivity index (χ2n) is 5.41. The average Bonchev–Trinajstić information content (AvgIpc) is 3.27. The lowest BCUT2D eigenvalue weighted by Gasteiger charge is -2.12. The summed E-state index contributed by atoms with van der Waals surface area (Å²) in [5.41, 5.74) is 1.93. The minimum absolute atomic E-state index is 0.147. The maximum Gasteiger partial charge on any atom is 0.261 e. The number of aryl methyl sites for hydroxylation is 1. The second kappa shape index (κ2) is 6.17. The van der Waals surface area contributed by atoms with Crippen molar-refractivity contribution >= 4 is 22.2 Å². The highest BCUT2D eigenvalue weighted by Gasteiger charge is 2.26. The van der Waals surface area contributed by atoms with Gasteiger partial charge < -0.3 is 14.6 Å². The van der Waals surface area contributed by atoms with Crippen LogP contribution in [0.15, 0.2) is 23.0 Å². The summed E-state index contributed by atoms with van der Waals surface area (Å²) in [6.07, 6.45) is 4.15. The normalized spacial score (nSPS) is 13.7. The lowest BCUT2D eigenvalue weighted by molar-refractivity contribution is -0.116. The van der Waals surface area contributed by atoms with E-state index in [1.807, 2.05) is 0 Å². The number of nitrogens with zero attached hydrogens (tertiary/aromatic N) is 4. The number of thiophene rings is 1. The molecule has 124 valence electrons. The van der Waals surface area contributed by atoms with Crippen LogP contribution in [0.4, 0.5) is 5.00 Å². The summed E-state index contributed by atoms with van der Waals surface area (Å²) in [6, 6.07) is 1.78. The first kappa shape index (κ1) is 15.0. The highest BCUT2D eigenvalue weighted by atomic mass is 32.1. The first-order valence-electron chi connectivity index (χ1n) is 7.51. The first-order valence-corrected chi connectivity index (χ1v) is 8.32. The van der Waals surface area contributed by atoms with Crippen LogP contribution >= 0.6 is 11.3 Å². The van der Waals surface area contributed by atoms with E-state index in [4.69, 9.17) is 9.26 Å². The topological polar surface area (TPSA) is 95.1 Å². The standard InChI is InChI=1S/C15H15N5O3S/c1-9-17-14(23-19-9)13-10-3-6-22-8-11(10)24-15(13)18-12(21)7-20-5-2-4-16-20/h2,4-5H,3,6-8H2,1H3,(H,18,21). The van der Waals surface area contributed by atoms with Gasteiger partial charge in [-0.05, 0) is 25.0 Å². The van der Waals surface area contributed by atoms with Crippen LogP contribution in [0.25, 0.3) is 11.5 Å². The van der Waals surface area contributed by atoms with Gasteiger partial charge in [0.1, 0.15) is 11.5 Å². The van der Waals surface area contributed by atoms with Crippen LogP contribution < -0.4 is 5.32 Å². The van der Waals surface area contributed by atoms with Crippen LogP contribution in [0.5, 0.6) is 0 Å². The van der Waals surface area contributed by atoms with Crippen LogP contribution in [-0.2, 0) is 29.1 Å². The van der Waals surface area contributed by atoms with Crippen LogP contribution in [-0.4, -0.2) is 32.4 Å². The van der Waals surface area contributed by atoms with Gasteiger partial charge in [0.2, 0.25) is 5.91 Å². The average molecular weight is 345 g/mol. The summed E-state index contributed by atoms with van der Waals surface area (Å²) in [5.74, 6) is 0.836. The number of aromatic nitrogens is 4. The highest BCUT2D eigenvalue weighted by molar-refractivity contribution is 7.17. The maximum atomic E-state index is 12.3. The molecule has 1 aliphatic rings. The fourth-order valence-corrected chi connectivity index (χ4v) is 3.85. The molecule has 0 aromatic carbocycles. The summed E-state index contributed by atoms with van der Waals surface area (Å²) in [5, 5.41) is 11.6. The number of hydrogen-bond donors (Lipinski definition) is 1. The Morgan fingerprint density at radius 2 is 2.42 bits per heavy atom. The van der Waals surface area contributed by atoms with Crippen molar-refractivity contribution in [1.82, 2.24) is 19.9 Å². The van der Waals surface area contributed by atoms with Gasteiger partial charge in [0.25, 0.3) is 5.89 Å². The molecule has 4 rings (SSSR count). The number of fused-ring (bicyclic) bond motifs is 1. The Kier molecular flexibility index (Phi) is 3.87. The van der Waals surface area contributed by atoms with Crippen LogP contribution in [0, 0.1) is 6.92 Å². The van der Waals surface area contributed by atoms with E-state index in [1.165, 1.54) is 11.3 Å². The number of hydrogen-bond acceptors (Lipinski definition) is 7. The fourth-order valence-electron chi connectivity index (χ4n) is 2.65. The minimum Gasteiger partial charge on any atom is -0.376 e. The molecule has 0 atom stereocenters. The van der Waals surface area contributed by atoms with Gasteiger partial charge in [-0.1, -0.05) is 5.16 Å². The molecule has 1 aliphatic heterocycles. The van der Waals surface area contributed by atoms with E-state index in [0.717, 1.165) is 22.4 Å². The molecule has 9 heteroatoms. The smallest absolute Gasteiger partial charge is 0.261 e. The molecular weight excluding hydrogens is 330 g/mol. The van der Waals surface area contributed by atoms with Gasteiger partial charge in [-0.2, -0.15) is 10.1 Å². The molecule has 0 bridgehead atoms. The van der Waals surface area contributed by atoms with Crippen molar-refractivity contribution in [3.63, 3.8) is 0 Å². The predicted molar refractivity (Wildman–Crippen MR) is 86.6 cm³/mol. The Bertz CT molecular complexity index is 868. The van der Waals surface area contributed by atoms with Crippen molar-refractivity contribution in [3.05, 3.63) is 34.7 Å².